The van der Waals surface area contributed by atoms with Gasteiger partial charge in [-0.15, -0.1) is 0 Å². The SMILES string of the molecule is CC(N)Cc1cc(OCc2cccc(F)c2Cl)ccc1Br. The average molecular weight is 373 g/mol. The second-order valence-electron chi connectivity index (χ2n) is 4.94. The van der Waals surface area contributed by atoms with E-state index in [1.165, 1.54) is 6.07 Å². The van der Waals surface area contributed by atoms with Gasteiger partial charge in [-0.1, -0.05) is 39.7 Å². The molecular formula is C16H16BrClFNO. The zero-order valence-corrected chi connectivity index (χ0v) is 13.9. The number of halogens is 3. The molecule has 0 bridgehead atoms. The minimum absolute atomic E-state index is 0.0641. The molecule has 0 spiro atoms. The quantitative estimate of drug-likeness (QED) is 0.825. The normalized spacial score (nSPS) is 12.2. The van der Waals surface area contributed by atoms with Gasteiger partial charge in [0.2, 0.25) is 0 Å². The third kappa shape index (κ3) is 4.43. The highest BCUT2D eigenvalue weighted by Crippen LogP contribution is 2.26. The molecule has 0 heterocycles. The third-order valence-electron chi connectivity index (χ3n) is 2.98. The van der Waals surface area contributed by atoms with E-state index in [0.717, 1.165) is 16.5 Å². The highest BCUT2D eigenvalue weighted by Gasteiger charge is 2.08. The lowest BCUT2D eigenvalue weighted by molar-refractivity contribution is 0.305. The monoisotopic (exact) mass is 371 g/mol. The summed E-state index contributed by atoms with van der Waals surface area (Å²) in [7, 11) is 0. The van der Waals surface area contributed by atoms with Crippen LogP contribution in [0.4, 0.5) is 4.39 Å². The van der Waals surface area contributed by atoms with Crippen molar-refractivity contribution in [1.29, 1.82) is 0 Å². The van der Waals surface area contributed by atoms with Crippen LogP contribution in [-0.4, -0.2) is 6.04 Å². The van der Waals surface area contributed by atoms with Crippen molar-refractivity contribution >= 4 is 27.5 Å². The summed E-state index contributed by atoms with van der Waals surface area (Å²) in [5.74, 6) is 0.264. The lowest BCUT2D eigenvalue weighted by atomic mass is 10.1. The van der Waals surface area contributed by atoms with Crippen molar-refractivity contribution in [3.8, 4) is 5.75 Å². The van der Waals surface area contributed by atoms with Crippen LogP contribution in [0.3, 0.4) is 0 Å². The standard InChI is InChI=1S/C16H16BrClFNO/c1-10(20)7-12-8-13(5-6-14(12)17)21-9-11-3-2-4-15(19)16(11)18/h2-6,8,10H,7,9,20H2,1H3. The Morgan fingerprint density at radius 3 is 2.76 bits per heavy atom. The van der Waals surface area contributed by atoms with E-state index in [-0.39, 0.29) is 17.7 Å². The second kappa shape index (κ2) is 7.25. The summed E-state index contributed by atoms with van der Waals surface area (Å²) in [4.78, 5) is 0. The fraction of sp³-hybridized carbons (Fsp3) is 0.250. The lowest BCUT2D eigenvalue weighted by Crippen LogP contribution is -2.18. The van der Waals surface area contributed by atoms with Crippen LogP contribution in [0.2, 0.25) is 5.02 Å². The van der Waals surface area contributed by atoms with E-state index >= 15 is 0 Å². The summed E-state index contributed by atoms with van der Waals surface area (Å²) >= 11 is 9.40. The van der Waals surface area contributed by atoms with Gasteiger partial charge in [0.1, 0.15) is 18.2 Å². The highest BCUT2D eigenvalue weighted by atomic mass is 79.9. The smallest absolute Gasteiger partial charge is 0.142 e. The molecular weight excluding hydrogens is 357 g/mol. The number of benzene rings is 2. The van der Waals surface area contributed by atoms with Gasteiger partial charge < -0.3 is 10.5 Å². The molecule has 0 aromatic heterocycles. The maximum absolute atomic E-state index is 13.4. The Hall–Kier alpha value is -1.10. The Morgan fingerprint density at radius 1 is 1.29 bits per heavy atom. The average Bonchev–Trinajstić information content (AvgIpc) is 2.43. The van der Waals surface area contributed by atoms with Gasteiger partial charge in [-0.25, -0.2) is 4.39 Å². The molecule has 0 amide bonds. The number of ether oxygens (including phenoxy) is 1. The molecule has 0 aliphatic carbocycles. The van der Waals surface area contributed by atoms with Crippen molar-refractivity contribution in [2.45, 2.75) is 26.0 Å². The molecule has 1 unspecified atom stereocenters. The number of nitrogens with two attached hydrogens (primary N) is 1. The van der Waals surface area contributed by atoms with Crippen molar-refractivity contribution < 1.29 is 9.13 Å². The van der Waals surface area contributed by atoms with E-state index in [1.807, 2.05) is 25.1 Å². The Balaban J connectivity index is 2.11. The van der Waals surface area contributed by atoms with Gasteiger partial charge in [0, 0.05) is 16.1 Å². The van der Waals surface area contributed by atoms with Gasteiger partial charge in [0.15, 0.2) is 0 Å². The van der Waals surface area contributed by atoms with Crippen molar-refractivity contribution in [1.82, 2.24) is 0 Å². The summed E-state index contributed by atoms with van der Waals surface area (Å²) in [6, 6.07) is 10.4. The van der Waals surface area contributed by atoms with Crippen LogP contribution >= 0.6 is 27.5 Å². The van der Waals surface area contributed by atoms with Crippen molar-refractivity contribution in [2.24, 2.45) is 5.73 Å². The van der Waals surface area contributed by atoms with E-state index in [4.69, 9.17) is 22.1 Å². The first-order valence-corrected chi connectivity index (χ1v) is 7.74. The summed E-state index contributed by atoms with van der Waals surface area (Å²) < 4.78 is 20.0. The predicted octanol–water partition coefficient (Wildman–Crippen LogP) is 4.71. The van der Waals surface area contributed by atoms with E-state index < -0.39 is 5.82 Å². The van der Waals surface area contributed by atoms with Crippen LogP contribution in [0, 0.1) is 5.82 Å². The van der Waals surface area contributed by atoms with Gasteiger partial charge in [-0.3, -0.25) is 0 Å². The lowest BCUT2D eigenvalue weighted by Gasteiger charge is -2.12. The number of rotatable bonds is 5. The third-order valence-corrected chi connectivity index (χ3v) is 4.18. The van der Waals surface area contributed by atoms with Crippen LogP contribution in [0.1, 0.15) is 18.1 Å². The molecule has 2 nitrogen and oxygen atoms in total. The highest BCUT2D eigenvalue weighted by molar-refractivity contribution is 9.10. The second-order valence-corrected chi connectivity index (χ2v) is 6.17. The Labute approximate surface area is 137 Å². The molecule has 0 radical (unpaired) electrons. The van der Waals surface area contributed by atoms with Gasteiger partial charge in [0.25, 0.3) is 0 Å². The molecule has 2 rings (SSSR count). The zero-order valence-electron chi connectivity index (χ0n) is 11.6. The molecule has 2 aromatic rings. The molecule has 0 aliphatic rings. The molecule has 2 aromatic carbocycles. The molecule has 0 aliphatic heterocycles. The van der Waals surface area contributed by atoms with Crippen LogP contribution in [-0.2, 0) is 13.0 Å². The molecule has 5 heteroatoms. The maximum Gasteiger partial charge on any atom is 0.142 e. The first kappa shape index (κ1) is 16.3. The minimum atomic E-state index is -0.439. The predicted molar refractivity (Wildman–Crippen MR) is 87.2 cm³/mol. The van der Waals surface area contributed by atoms with Crippen LogP contribution in [0.5, 0.6) is 5.75 Å². The van der Waals surface area contributed by atoms with Crippen LogP contribution < -0.4 is 10.5 Å². The summed E-state index contributed by atoms with van der Waals surface area (Å²) in [5, 5.41) is 0.102. The first-order chi connectivity index (χ1) is 9.97. The van der Waals surface area contributed by atoms with Crippen molar-refractivity contribution in [2.75, 3.05) is 0 Å². The fourth-order valence-corrected chi connectivity index (χ4v) is 2.55. The number of hydrogen-bond donors (Lipinski definition) is 1. The molecule has 0 fully saturated rings. The molecule has 0 saturated heterocycles. The topological polar surface area (TPSA) is 35.2 Å². The van der Waals surface area contributed by atoms with Gasteiger partial charge in [0.05, 0.1) is 5.02 Å². The Morgan fingerprint density at radius 2 is 2.05 bits per heavy atom. The van der Waals surface area contributed by atoms with Gasteiger partial charge >= 0.3 is 0 Å². The van der Waals surface area contributed by atoms with Crippen molar-refractivity contribution in [3.05, 3.63) is 62.8 Å². The van der Waals surface area contributed by atoms with Gasteiger partial charge in [-0.05, 0) is 43.2 Å². The minimum Gasteiger partial charge on any atom is -0.489 e. The first-order valence-electron chi connectivity index (χ1n) is 6.57. The van der Waals surface area contributed by atoms with Crippen LogP contribution in [0.25, 0.3) is 0 Å². The largest absolute Gasteiger partial charge is 0.489 e. The fourth-order valence-electron chi connectivity index (χ4n) is 1.97. The zero-order chi connectivity index (χ0) is 15.4. The summed E-state index contributed by atoms with van der Waals surface area (Å²) in [5.41, 5.74) is 7.52. The van der Waals surface area contributed by atoms with E-state index in [2.05, 4.69) is 15.9 Å². The Kier molecular flexibility index (Phi) is 5.62. The van der Waals surface area contributed by atoms with E-state index in [9.17, 15) is 4.39 Å². The summed E-state index contributed by atoms with van der Waals surface area (Å²) in [6.45, 7) is 2.17. The van der Waals surface area contributed by atoms with Crippen LogP contribution in [0.15, 0.2) is 40.9 Å². The van der Waals surface area contributed by atoms with Crippen molar-refractivity contribution in [3.63, 3.8) is 0 Å². The van der Waals surface area contributed by atoms with E-state index in [0.29, 0.717) is 11.3 Å². The Bertz CT molecular complexity index is 634. The molecule has 1 atom stereocenters. The number of hydrogen-bond acceptors (Lipinski definition) is 2. The van der Waals surface area contributed by atoms with E-state index in [1.54, 1.807) is 12.1 Å². The molecule has 0 saturated carbocycles. The van der Waals surface area contributed by atoms with Gasteiger partial charge in [-0.2, -0.15) is 0 Å². The summed E-state index contributed by atoms with van der Waals surface area (Å²) in [6.07, 6.45) is 0.749. The molecule has 112 valence electrons. The maximum atomic E-state index is 13.4. The molecule has 2 N–H and O–H groups in total. The molecule has 21 heavy (non-hydrogen) atoms.